The third-order valence-electron chi connectivity index (χ3n) is 4.78. The van der Waals surface area contributed by atoms with Crippen molar-refractivity contribution < 1.29 is 9.53 Å². The number of hydrogen-bond donors (Lipinski definition) is 3. The number of benzene rings is 3. The van der Waals surface area contributed by atoms with Crippen molar-refractivity contribution in [3.63, 3.8) is 0 Å². The van der Waals surface area contributed by atoms with E-state index in [0.717, 1.165) is 0 Å². The minimum Gasteiger partial charge on any atom is -0.495 e. The molecule has 4 rings (SSSR count). The summed E-state index contributed by atoms with van der Waals surface area (Å²) in [7, 11) is 1.59. The van der Waals surface area contributed by atoms with E-state index in [0.29, 0.717) is 17.9 Å². The molecule has 5 nitrogen and oxygen atoms in total. The Morgan fingerprint density at radius 2 is 1.77 bits per heavy atom. The van der Waals surface area contributed by atoms with Gasteiger partial charge in [0.1, 0.15) is 11.8 Å². The van der Waals surface area contributed by atoms with Gasteiger partial charge in [0.2, 0.25) is 5.91 Å². The van der Waals surface area contributed by atoms with Crippen LogP contribution in [0.25, 0.3) is 10.8 Å². The first-order valence-electron chi connectivity index (χ1n) is 8.69. The molecule has 1 aliphatic heterocycles. The maximum absolute atomic E-state index is 12.7. The topological polar surface area (TPSA) is 62.4 Å². The molecule has 3 aromatic rings. The fourth-order valence-corrected chi connectivity index (χ4v) is 3.45. The van der Waals surface area contributed by atoms with Crippen LogP contribution in [0.2, 0.25) is 0 Å². The summed E-state index contributed by atoms with van der Waals surface area (Å²) in [6, 6.07) is 21.8. The van der Waals surface area contributed by atoms with Gasteiger partial charge in [0.15, 0.2) is 0 Å². The number of carbonyl (C=O) groups is 1. The highest BCUT2D eigenvalue weighted by atomic mass is 16.5. The summed E-state index contributed by atoms with van der Waals surface area (Å²) in [4.78, 5) is 12.7. The van der Waals surface area contributed by atoms with E-state index in [-0.39, 0.29) is 18.0 Å². The highest BCUT2D eigenvalue weighted by Crippen LogP contribution is 2.30. The Kier molecular flexibility index (Phi) is 4.56. The minimum absolute atomic E-state index is 0.0783. The van der Waals surface area contributed by atoms with Gasteiger partial charge >= 0.3 is 0 Å². The lowest BCUT2D eigenvalue weighted by Crippen LogP contribution is -2.39. The third kappa shape index (κ3) is 3.14. The summed E-state index contributed by atoms with van der Waals surface area (Å²) in [5.41, 5.74) is 8.27. The molecule has 0 bridgehead atoms. The number of nitrogens with one attached hydrogen (secondary N) is 3. The summed E-state index contributed by atoms with van der Waals surface area (Å²) >= 11 is 0. The summed E-state index contributed by atoms with van der Waals surface area (Å²) in [6.07, 6.45) is 0.676. The molecule has 1 saturated heterocycles. The molecule has 0 aliphatic carbocycles. The van der Waals surface area contributed by atoms with Crippen molar-refractivity contribution in [1.29, 1.82) is 0 Å². The van der Waals surface area contributed by atoms with E-state index < -0.39 is 0 Å². The van der Waals surface area contributed by atoms with E-state index in [9.17, 15) is 4.79 Å². The van der Waals surface area contributed by atoms with E-state index in [2.05, 4.69) is 46.5 Å². The maximum atomic E-state index is 12.7. The molecular formula is C21H21N3O2. The predicted octanol–water partition coefficient (Wildman–Crippen LogP) is 3.39. The van der Waals surface area contributed by atoms with Crippen molar-refractivity contribution in [2.75, 3.05) is 12.4 Å². The lowest BCUT2D eigenvalue weighted by atomic mass is 9.96. The Bertz CT molecular complexity index is 936. The molecule has 0 spiro atoms. The van der Waals surface area contributed by atoms with E-state index >= 15 is 0 Å². The van der Waals surface area contributed by atoms with Gasteiger partial charge in [-0.1, -0.05) is 54.6 Å². The smallest absolute Gasteiger partial charge is 0.243 e. The first-order chi connectivity index (χ1) is 12.8. The number of hydrogen-bond acceptors (Lipinski definition) is 4. The van der Waals surface area contributed by atoms with Crippen molar-refractivity contribution in [2.45, 2.75) is 18.5 Å². The van der Waals surface area contributed by atoms with Crippen LogP contribution in [0.15, 0.2) is 66.7 Å². The summed E-state index contributed by atoms with van der Waals surface area (Å²) in [5.74, 6) is 0.571. The highest BCUT2D eigenvalue weighted by Gasteiger charge is 2.31. The van der Waals surface area contributed by atoms with Crippen molar-refractivity contribution in [3.05, 3.63) is 72.3 Å². The van der Waals surface area contributed by atoms with Gasteiger partial charge in [-0.25, -0.2) is 10.9 Å². The zero-order valence-electron chi connectivity index (χ0n) is 14.5. The molecular weight excluding hydrogens is 326 g/mol. The van der Waals surface area contributed by atoms with Gasteiger partial charge in [-0.05, 0) is 34.9 Å². The van der Waals surface area contributed by atoms with Gasteiger partial charge in [0.25, 0.3) is 0 Å². The summed E-state index contributed by atoms with van der Waals surface area (Å²) < 4.78 is 5.30. The van der Waals surface area contributed by atoms with Crippen LogP contribution in [-0.2, 0) is 4.79 Å². The van der Waals surface area contributed by atoms with Crippen molar-refractivity contribution in [1.82, 2.24) is 10.9 Å². The molecule has 1 aliphatic rings. The number of amides is 1. The van der Waals surface area contributed by atoms with Crippen LogP contribution in [0.4, 0.5) is 5.69 Å². The molecule has 1 heterocycles. The number of rotatable bonds is 4. The molecule has 0 radical (unpaired) electrons. The van der Waals surface area contributed by atoms with Gasteiger partial charge in [-0.3, -0.25) is 4.79 Å². The molecule has 1 fully saturated rings. The van der Waals surface area contributed by atoms with Gasteiger partial charge in [0.05, 0.1) is 12.8 Å². The van der Waals surface area contributed by atoms with Crippen molar-refractivity contribution in [3.8, 4) is 5.75 Å². The quantitative estimate of drug-likeness (QED) is 0.677. The number of para-hydroxylation sites is 2. The van der Waals surface area contributed by atoms with Crippen LogP contribution in [0.5, 0.6) is 5.75 Å². The number of hydrazine groups is 1. The average Bonchev–Trinajstić information content (AvgIpc) is 3.18. The molecule has 132 valence electrons. The summed E-state index contributed by atoms with van der Waals surface area (Å²) in [5, 5.41) is 5.36. The Labute approximate surface area is 152 Å². The van der Waals surface area contributed by atoms with E-state index in [1.807, 2.05) is 36.4 Å². The Balaban J connectivity index is 1.50. The monoisotopic (exact) mass is 347 g/mol. The second-order valence-corrected chi connectivity index (χ2v) is 6.39. The fraction of sp³-hybridized carbons (Fsp3) is 0.190. The lowest BCUT2D eigenvalue weighted by molar-refractivity contribution is -0.117. The van der Waals surface area contributed by atoms with Crippen LogP contribution < -0.4 is 20.9 Å². The third-order valence-corrected chi connectivity index (χ3v) is 4.78. The van der Waals surface area contributed by atoms with E-state index in [1.165, 1.54) is 16.3 Å². The molecule has 3 aromatic carbocycles. The van der Waals surface area contributed by atoms with E-state index in [1.54, 1.807) is 7.11 Å². The second kappa shape index (κ2) is 7.15. The van der Waals surface area contributed by atoms with Crippen LogP contribution in [0.3, 0.4) is 0 Å². The van der Waals surface area contributed by atoms with Crippen LogP contribution in [0.1, 0.15) is 18.0 Å². The standard InChI is InChI=1S/C21H21N3O2/c1-26-20-12-5-4-11-17(20)22-21(25)19-13-18(23-24-19)16-10-6-8-14-7-2-3-9-15(14)16/h2-12,18-19,23-24H,13H2,1H3,(H,22,25). The zero-order chi connectivity index (χ0) is 17.9. The van der Waals surface area contributed by atoms with Gasteiger partial charge in [-0.15, -0.1) is 0 Å². The zero-order valence-corrected chi connectivity index (χ0v) is 14.5. The number of methoxy groups -OCH3 is 1. The van der Waals surface area contributed by atoms with Crippen LogP contribution in [-0.4, -0.2) is 19.1 Å². The first-order valence-corrected chi connectivity index (χ1v) is 8.69. The number of anilines is 1. The summed E-state index contributed by atoms with van der Waals surface area (Å²) in [6.45, 7) is 0. The number of ether oxygens (including phenoxy) is 1. The second-order valence-electron chi connectivity index (χ2n) is 6.39. The highest BCUT2D eigenvalue weighted by molar-refractivity contribution is 5.96. The molecule has 0 aromatic heterocycles. The van der Waals surface area contributed by atoms with Crippen molar-refractivity contribution in [2.24, 2.45) is 0 Å². The molecule has 1 amide bonds. The average molecular weight is 347 g/mol. The largest absolute Gasteiger partial charge is 0.495 e. The SMILES string of the molecule is COc1ccccc1NC(=O)C1CC(c2cccc3ccccc23)NN1. The molecule has 0 saturated carbocycles. The molecule has 2 atom stereocenters. The molecule has 3 N–H and O–H groups in total. The Morgan fingerprint density at radius 1 is 1.00 bits per heavy atom. The molecule has 5 heteroatoms. The molecule has 2 unspecified atom stereocenters. The number of carbonyl (C=O) groups excluding carboxylic acids is 1. The van der Waals surface area contributed by atoms with Crippen molar-refractivity contribution >= 4 is 22.4 Å². The van der Waals surface area contributed by atoms with E-state index in [4.69, 9.17) is 4.74 Å². The number of fused-ring (bicyclic) bond motifs is 1. The fourth-order valence-electron chi connectivity index (χ4n) is 3.45. The van der Waals surface area contributed by atoms with Gasteiger partial charge < -0.3 is 10.1 Å². The first kappa shape index (κ1) is 16.6. The normalized spacial score (nSPS) is 19.4. The minimum atomic E-state index is -0.316. The lowest BCUT2D eigenvalue weighted by Gasteiger charge is -2.14. The van der Waals surface area contributed by atoms with Gasteiger partial charge in [0, 0.05) is 6.04 Å². The van der Waals surface area contributed by atoms with Crippen LogP contribution in [0, 0.1) is 0 Å². The maximum Gasteiger partial charge on any atom is 0.243 e. The Hall–Kier alpha value is -2.89. The van der Waals surface area contributed by atoms with Gasteiger partial charge in [-0.2, -0.15) is 0 Å². The Morgan fingerprint density at radius 3 is 2.65 bits per heavy atom. The van der Waals surface area contributed by atoms with Crippen LogP contribution >= 0.6 is 0 Å². The predicted molar refractivity (Wildman–Crippen MR) is 103 cm³/mol. The molecule has 26 heavy (non-hydrogen) atoms.